The number of hydrogen-bond acceptors (Lipinski definition) is 8. The predicted octanol–water partition coefficient (Wildman–Crippen LogP) is 5.30. The number of aryl methyl sites for hydroxylation is 3. The van der Waals surface area contributed by atoms with Gasteiger partial charge in [-0.1, -0.05) is 55.2 Å². The molecule has 1 N–H and O–H groups in total. The van der Waals surface area contributed by atoms with Crippen molar-refractivity contribution in [3.05, 3.63) is 93.5 Å². The monoisotopic (exact) mass is 532 g/mol. The van der Waals surface area contributed by atoms with Gasteiger partial charge in [0, 0.05) is 5.56 Å². The van der Waals surface area contributed by atoms with E-state index in [0.717, 1.165) is 28.9 Å². The van der Waals surface area contributed by atoms with Crippen molar-refractivity contribution in [1.82, 2.24) is 4.98 Å². The van der Waals surface area contributed by atoms with Crippen molar-refractivity contribution in [2.45, 2.75) is 33.2 Å². The number of aliphatic hydroxyl groups excluding tert-OH is 1. The van der Waals surface area contributed by atoms with E-state index in [1.807, 2.05) is 38.1 Å². The van der Waals surface area contributed by atoms with E-state index in [2.05, 4.69) is 11.6 Å². The molecule has 2 aromatic carbocycles. The zero-order chi connectivity index (χ0) is 27.6. The van der Waals surface area contributed by atoms with Gasteiger partial charge in [-0.3, -0.25) is 14.5 Å². The first kappa shape index (κ1) is 26.8. The molecule has 3 aromatic rings. The van der Waals surface area contributed by atoms with Crippen molar-refractivity contribution in [2.75, 3.05) is 18.6 Å². The van der Waals surface area contributed by atoms with Gasteiger partial charge < -0.3 is 14.6 Å². The second-order valence-corrected chi connectivity index (χ2v) is 9.72. The third-order valence-corrected chi connectivity index (χ3v) is 7.46. The lowest BCUT2D eigenvalue weighted by atomic mass is 9.94. The standard InChI is InChI=1S/C29H28N2O6S/c1-6-14-37-28(35)26-17(4)30-29(38-26)31-23(19-10-8-18(7-2)9-11-19)22(25(33)27(31)34)24(32)20-12-13-21(36-5)16(3)15-20/h6,8-13,15,23,32H,1,7,14H2,2-5H3/b24-22+/t23-/m0/s1. The van der Waals surface area contributed by atoms with Crippen LogP contribution in [0.15, 0.2) is 60.7 Å². The first-order valence-electron chi connectivity index (χ1n) is 12.0. The van der Waals surface area contributed by atoms with Crippen LogP contribution in [0, 0.1) is 13.8 Å². The lowest BCUT2D eigenvalue weighted by molar-refractivity contribution is -0.132. The van der Waals surface area contributed by atoms with Crippen LogP contribution in [0.5, 0.6) is 5.75 Å². The summed E-state index contributed by atoms with van der Waals surface area (Å²) in [6.45, 7) is 9.05. The largest absolute Gasteiger partial charge is 0.507 e. The third-order valence-electron chi connectivity index (χ3n) is 6.33. The van der Waals surface area contributed by atoms with Crippen LogP contribution in [0.4, 0.5) is 5.13 Å². The molecule has 0 spiro atoms. The molecule has 38 heavy (non-hydrogen) atoms. The maximum atomic E-state index is 13.4. The van der Waals surface area contributed by atoms with Crippen LogP contribution >= 0.6 is 11.3 Å². The number of ether oxygens (including phenoxy) is 2. The quantitative estimate of drug-likeness (QED) is 0.138. The summed E-state index contributed by atoms with van der Waals surface area (Å²) in [5.41, 5.74) is 3.14. The topological polar surface area (TPSA) is 106 Å². The zero-order valence-corrected chi connectivity index (χ0v) is 22.4. The van der Waals surface area contributed by atoms with Crippen molar-refractivity contribution in [2.24, 2.45) is 0 Å². The molecule has 0 radical (unpaired) electrons. The smallest absolute Gasteiger partial charge is 0.350 e. The SMILES string of the molecule is C=CCOC(=O)c1sc(N2C(=O)C(=O)/C(=C(/O)c3ccc(OC)c(C)c3)[C@@H]2c2ccc(CC)cc2)nc1C. The van der Waals surface area contributed by atoms with Crippen LogP contribution in [0.1, 0.15) is 50.6 Å². The molecular weight excluding hydrogens is 504 g/mol. The summed E-state index contributed by atoms with van der Waals surface area (Å²) in [6, 6.07) is 11.6. The second-order valence-electron chi connectivity index (χ2n) is 8.75. The Balaban J connectivity index is 1.89. The number of Topliss-reactive ketones (excluding diaryl/α,β-unsaturated/α-hetero) is 1. The Morgan fingerprint density at radius 3 is 2.50 bits per heavy atom. The number of anilines is 1. The first-order valence-corrected chi connectivity index (χ1v) is 12.8. The van der Waals surface area contributed by atoms with Gasteiger partial charge in [-0.15, -0.1) is 0 Å². The number of nitrogens with zero attached hydrogens (tertiary/aromatic N) is 2. The first-order chi connectivity index (χ1) is 18.2. The minimum absolute atomic E-state index is 0.0288. The van der Waals surface area contributed by atoms with E-state index in [1.54, 1.807) is 32.2 Å². The normalized spacial score (nSPS) is 16.5. The number of benzene rings is 2. The molecule has 8 nitrogen and oxygen atoms in total. The van der Waals surface area contributed by atoms with E-state index in [0.29, 0.717) is 22.6 Å². The number of ketones is 1. The van der Waals surface area contributed by atoms with Crippen molar-refractivity contribution in [3.8, 4) is 5.75 Å². The molecule has 0 bridgehead atoms. The summed E-state index contributed by atoms with van der Waals surface area (Å²) < 4.78 is 10.5. The van der Waals surface area contributed by atoms with Gasteiger partial charge in [-0.2, -0.15) is 0 Å². The number of esters is 1. The van der Waals surface area contributed by atoms with Crippen LogP contribution < -0.4 is 9.64 Å². The maximum Gasteiger partial charge on any atom is 0.350 e. The van der Waals surface area contributed by atoms with Gasteiger partial charge in [0.05, 0.1) is 24.4 Å². The molecule has 1 aromatic heterocycles. The molecule has 0 unspecified atom stereocenters. The maximum absolute atomic E-state index is 13.4. The van der Waals surface area contributed by atoms with E-state index in [1.165, 1.54) is 11.0 Å². The van der Waals surface area contributed by atoms with Crippen molar-refractivity contribution >= 4 is 39.9 Å². The van der Waals surface area contributed by atoms with Crippen molar-refractivity contribution in [1.29, 1.82) is 0 Å². The Bertz CT molecular complexity index is 1450. The van der Waals surface area contributed by atoms with E-state index in [9.17, 15) is 19.5 Å². The Morgan fingerprint density at radius 1 is 1.18 bits per heavy atom. The Hall–Kier alpha value is -4.24. The average molecular weight is 533 g/mol. The number of aromatic nitrogens is 1. The Kier molecular flexibility index (Phi) is 7.78. The molecule has 1 atom stereocenters. The summed E-state index contributed by atoms with van der Waals surface area (Å²) in [5, 5.41) is 11.5. The lowest BCUT2D eigenvalue weighted by Crippen LogP contribution is -2.29. The highest BCUT2D eigenvalue weighted by Crippen LogP contribution is 2.44. The van der Waals surface area contributed by atoms with Gasteiger partial charge in [-0.05, 0) is 55.2 Å². The third kappa shape index (κ3) is 4.84. The molecule has 0 aliphatic carbocycles. The molecule has 0 saturated carbocycles. The van der Waals surface area contributed by atoms with E-state index < -0.39 is 23.7 Å². The molecule has 4 rings (SSSR count). The number of rotatable bonds is 8. The number of aliphatic hydroxyl groups is 1. The van der Waals surface area contributed by atoms with Crippen molar-refractivity contribution < 1.29 is 29.0 Å². The van der Waals surface area contributed by atoms with E-state index in [4.69, 9.17) is 9.47 Å². The highest BCUT2D eigenvalue weighted by molar-refractivity contribution is 7.17. The second kappa shape index (κ2) is 11.0. The molecule has 9 heteroatoms. The van der Waals surface area contributed by atoms with Gasteiger partial charge in [0.1, 0.15) is 23.0 Å². The van der Waals surface area contributed by atoms with Gasteiger partial charge in [0.2, 0.25) is 0 Å². The summed E-state index contributed by atoms with van der Waals surface area (Å²) in [6.07, 6.45) is 2.27. The van der Waals surface area contributed by atoms with Gasteiger partial charge in [0.15, 0.2) is 5.13 Å². The van der Waals surface area contributed by atoms with Crippen LogP contribution in [-0.4, -0.2) is 41.5 Å². The summed E-state index contributed by atoms with van der Waals surface area (Å²) in [4.78, 5) is 45.3. The molecule has 1 aliphatic rings. The molecule has 196 valence electrons. The minimum atomic E-state index is -0.953. The molecule has 1 saturated heterocycles. The number of amides is 1. The highest BCUT2D eigenvalue weighted by Gasteiger charge is 2.48. The van der Waals surface area contributed by atoms with Crippen LogP contribution in [-0.2, 0) is 20.7 Å². The van der Waals surface area contributed by atoms with Crippen molar-refractivity contribution in [3.63, 3.8) is 0 Å². The number of carbonyl (C=O) groups is 3. The Morgan fingerprint density at radius 2 is 1.89 bits per heavy atom. The number of methoxy groups -OCH3 is 1. The van der Waals surface area contributed by atoms with Gasteiger partial charge >= 0.3 is 11.9 Å². The number of hydrogen-bond donors (Lipinski definition) is 1. The van der Waals surface area contributed by atoms with Gasteiger partial charge in [-0.25, -0.2) is 9.78 Å². The fourth-order valence-corrected chi connectivity index (χ4v) is 5.32. The highest BCUT2D eigenvalue weighted by atomic mass is 32.1. The summed E-state index contributed by atoms with van der Waals surface area (Å²) in [5.74, 6) is -1.96. The van der Waals surface area contributed by atoms with Crippen LogP contribution in [0.25, 0.3) is 5.76 Å². The molecule has 2 heterocycles. The predicted molar refractivity (Wildman–Crippen MR) is 146 cm³/mol. The average Bonchev–Trinajstić information content (AvgIpc) is 3.43. The minimum Gasteiger partial charge on any atom is -0.507 e. The van der Waals surface area contributed by atoms with Crippen LogP contribution in [0.3, 0.4) is 0 Å². The molecule has 1 amide bonds. The summed E-state index contributed by atoms with van der Waals surface area (Å²) >= 11 is 0.956. The number of carbonyl (C=O) groups excluding carboxylic acids is 3. The number of thiazole rings is 1. The van der Waals surface area contributed by atoms with Gasteiger partial charge in [0.25, 0.3) is 5.78 Å². The van der Waals surface area contributed by atoms with E-state index >= 15 is 0 Å². The molecular formula is C29H28N2O6S. The van der Waals surface area contributed by atoms with E-state index in [-0.39, 0.29) is 27.9 Å². The fraction of sp³-hybridized carbons (Fsp3) is 0.241. The molecule has 1 aliphatic heterocycles. The Labute approximate surface area is 224 Å². The molecule has 1 fully saturated rings. The fourth-order valence-electron chi connectivity index (χ4n) is 4.34. The summed E-state index contributed by atoms with van der Waals surface area (Å²) in [7, 11) is 1.55. The van der Waals surface area contributed by atoms with Crippen LogP contribution in [0.2, 0.25) is 0 Å². The lowest BCUT2D eigenvalue weighted by Gasteiger charge is -2.23. The zero-order valence-electron chi connectivity index (χ0n) is 21.6.